The molecular formula is C78H84N4O. The zero-order valence-electron chi connectivity index (χ0n) is 60.4. The first-order valence-corrected chi connectivity index (χ1v) is 29.4. The minimum Gasteiger partial charge on any atom is -0.457 e. The van der Waals surface area contributed by atoms with Gasteiger partial charge in [-0.25, -0.2) is 4.98 Å². The number of hydrogen-bond donors (Lipinski definition) is 0. The average molecular weight is 1100 g/mol. The van der Waals surface area contributed by atoms with E-state index in [0.29, 0.717) is 51.4 Å². The van der Waals surface area contributed by atoms with Crippen LogP contribution in [0.15, 0.2) is 182 Å². The molecule has 1 aliphatic carbocycles. The summed E-state index contributed by atoms with van der Waals surface area (Å²) < 4.78 is 88.0. The molecule has 83 heavy (non-hydrogen) atoms. The van der Waals surface area contributed by atoms with Crippen LogP contribution in [0.2, 0.25) is 0 Å². The van der Waals surface area contributed by atoms with Crippen LogP contribution in [-0.4, -0.2) is 16.2 Å². The number of aromatic nitrogens is 2. The number of anilines is 4. The van der Waals surface area contributed by atoms with Gasteiger partial charge in [0.1, 0.15) is 24.0 Å². The topological polar surface area (TPSA) is 33.5 Å². The van der Waals surface area contributed by atoms with E-state index in [0.717, 1.165) is 35.6 Å². The van der Waals surface area contributed by atoms with Crippen molar-refractivity contribution in [1.82, 2.24) is 9.55 Å². The molecule has 0 bridgehead atoms. The van der Waals surface area contributed by atoms with Crippen molar-refractivity contribution >= 4 is 44.6 Å². The van der Waals surface area contributed by atoms with Gasteiger partial charge in [0.15, 0.2) is 0 Å². The third-order valence-corrected chi connectivity index (χ3v) is 17.6. The van der Waals surface area contributed by atoms with E-state index >= 15 is 0 Å². The molecule has 3 heterocycles. The van der Waals surface area contributed by atoms with Gasteiger partial charge in [-0.05, 0) is 156 Å². The summed E-state index contributed by atoms with van der Waals surface area (Å²) in [4.78, 5) is 9.79. The maximum Gasteiger partial charge on any atom is 0.137 e. The monoisotopic (exact) mass is 1100 g/mol. The third-order valence-electron chi connectivity index (χ3n) is 17.6. The molecule has 0 radical (unpaired) electrons. The Hall–Kier alpha value is -7.89. The highest BCUT2D eigenvalue weighted by Gasteiger charge is 2.39. The van der Waals surface area contributed by atoms with E-state index in [4.69, 9.17) is 19.3 Å². The molecule has 0 atom stereocenters. The SMILES string of the molecule is [2H]c1c([2H])c([2H])c(-c2cnc(-n3c4cc(Oc5cccc(N6CN(c7c(-c8ccc9c(c8)C(C)(C)CCC9(C)C)cc(C(C)(C)C)cc7-c7ccc(C(C)(C)C)cc7C(C)(C)C)c7ccccc76)c5)ccc4c4c([2H])c([2H])c([2H])c([2H])c43)cc2C(C)(C)C)c([2H])c1[2H]. The summed E-state index contributed by atoms with van der Waals surface area (Å²) in [5.41, 5.74) is 16.2. The van der Waals surface area contributed by atoms with Crippen LogP contribution in [0.3, 0.4) is 0 Å². The number of nitrogens with zero attached hydrogens (tertiary/aromatic N) is 4. The van der Waals surface area contributed by atoms with Crippen molar-refractivity contribution in [2.75, 3.05) is 16.5 Å². The standard InChI is InChI=1S/C78H84N4O/c1-73(2,3)52-34-36-57(64(44-52)75(7,8)9)61-43-53(74(4,5)6)42-60(51-33-38-63-66(41-51)78(15,16)40-39-77(63,13)14)72(61)81-49-80(68-31-22-23-32-69(68)81)54-27-24-28-55(45-54)83-56-35-37-59-58-29-20-21-30-67(58)82(70(59)46-56)71-47-65(76(10,11)12)62(48-79-71)50-25-18-17-19-26-50/h17-38,41-48H,39-40,49H2,1-16H3/i17D,18D,19D,20D,21D,25D,26D,29D,30D. The minimum atomic E-state index is -0.660. The predicted molar refractivity (Wildman–Crippen MR) is 354 cm³/mol. The van der Waals surface area contributed by atoms with Gasteiger partial charge < -0.3 is 14.5 Å². The Morgan fingerprint density at radius 2 is 1.11 bits per heavy atom. The first-order chi connectivity index (χ1) is 42.9. The predicted octanol–water partition coefficient (Wildman–Crippen LogP) is 21.8. The van der Waals surface area contributed by atoms with Crippen LogP contribution in [0, 0.1) is 0 Å². The number of rotatable bonds is 8. The molecule has 0 fully saturated rings. The first-order valence-electron chi connectivity index (χ1n) is 33.9. The van der Waals surface area contributed by atoms with Gasteiger partial charge in [-0.3, -0.25) is 4.57 Å². The lowest BCUT2D eigenvalue weighted by Gasteiger charge is -2.42. The Kier molecular flexibility index (Phi) is 10.9. The summed E-state index contributed by atoms with van der Waals surface area (Å²) in [6, 6.07) is 40.1. The van der Waals surface area contributed by atoms with Gasteiger partial charge in [0.05, 0.1) is 40.4 Å². The molecule has 10 aromatic rings. The van der Waals surface area contributed by atoms with Crippen LogP contribution in [0.4, 0.5) is 22.7 Å². The van der Waals surface area contributed by atoms with E-state index in [-0.39, 0.29) is 68.4 Å². The quantitative estimate of drug-likeness (QED) is 0.152. The maximum atomic E-state index is 9.36. The molecule has 0 N–H and O–H groups in total. The molecule has 0 saturated carbocycles. The fraction of sp³-hybridized carbons (Fsp3) is 0.321. The summed E-state index contributed by atoms with van der Waals surface area (Å²) in [6.07, 6.45) is 3.74. The second-order valence-electron chi connectivity index (χ2n) is 28.6. The van der Waals surface area contributed by atoms with E-state index in [1.807, 2.05) is 51.1 Å². The van der Waals surface area contributed by atoms with Crippen LogP contribution in [0.1, 0.15) is 169 Å². The molecule has 0 spiro atoms. The van der Waals surface area contributed by atoms with Crippen LogP contribution < -0.4 is 14.5 Å². The Bertz CT molecular complexity index is 4670. The van der Waals surface area contributed by atoms with Crippen LogP contribution in [-0.2, 0) is 32.5 Å². The smallest absolute Gasteiger partial charge is 0.137 e. The van der Waals surface area contributed by atoms with Crippen molar-refractivity contribution in [3.63, 3.8) is 0 Å². The molecule has 0 saturated heterocycles. The molecule has 1 aliphatic heterocycles. The van der Waals surface area contributed by atoms with Crippen molar-refractivity contribution < 1.29 is 17.1 Å². The van der Waals surface area contributed by atoms with E-state index < -0.39 is 29.6 Å². The lowest BCUT2D eigenvalue weighted by molar-refractivity contribution is 0.332. The summed E-state index contributed by atoms with van der Waals surface area (Å²) in [5, 5.41) is 0.855. The van der Waals surface area contributed by atoms with Gasteiger partial charge >= 0.3 is 0 Å². The normalized spacial score (nSPS) is 16.7. The van der Waals surface area contributed by atoms with Gasteiger partial charge in [0.25, 0.3) is 0 Å². The molecule has 5 heteroatoms. The molecule has 0 amide bonds. The summed E-state index contributed by atoms with van der Waals surface area (Å²) in [7, 11) is 0. The van der Waals surface area contributed by atoms with Gasteiger partial charge in [-0.15, -0.1) is 0 Å². The summed E-state index contributed by atoms with van der Waals surface area (Å²) in [5.74, 6) is 1.31. The Morgan fingerprint density at radius 1 is 0.470 bits per heavy atom. The van der Waals surface area contributed by atoms with Crippen molar-refractivity contribution in [2.45, 2.75) is 156 Å². The molecule has 0 unspecified atom stereocenters. The molecule has 12 rings (SSSR count). The van der Waals surface area contributed by atoms with Crippen molar-refractivity contribution in [2.24, 2.45) is 0 Å². The zero-order chi connectivity index (χ0) is 66.6. The number of benzene rings is 8. The second-order valence-corrected chi connectivity index (χ2v) is 28.6. The summed E-state index contributed by atoms with van der Waals surface area (Å²) >= 11 is 0. The molecular weight excluding hydrogens is 1010 g/mol. The van der Waals surface area contributed by atoms with Crippen molar-refractivity contribution in [1.29, 1.82) is 0 Å². The van der Waals surface area contributed by atoms with Crippen LogP contribution >= 0.6 is 0 Å². The Morgan fingerprint density at radius 3 is 1.81 bits per heavy atom. The van der Waals surface area contributed by atoms with E-state index in [2.05, 4.69) is 185 Å². The van der Waals surface area contributed by atoms with Crippen molar-refractivity contribution in [3.05, 3.63) is 215 Å². The molecule has 5 nitrogen and oxygen atoms in total. The van der Waals surface area contributed by atoms with Gasteiger partial charge in [0, 0.05) is 51.5 Å². The number of hydrogen-bond acceptors (Lipinski definition) is 4. The molecule has 8 aromatic carbocycles. The third kappa shape index (κ3) is 10.1. The first kappa shape index (κ1) is 45.6. The fourth-order valence-corrected chi connectivity index (χ4v) is 12.7. The van der Waals surface area contributed by atoms with Crippen LogP contribution in [0.5, 0.6) is 11.5 Å². The summed E-state index contributed by atoms with van der Waals surface area (Å²) in [6.45, 7) is 36.8. The highest BCUT2D eigenvalue weighted by Crippen LogP contribution is 2.55. The van der Waals surface area contributed by atoms with Gasteiger partial charge in [-0.1, -0.05) is 214 Å². The van der Waals surface area contributed by atoms with Gasteiger partial charge in [-0.2, -0.15) is 0 Å². The lowest BCUT2D eigenvalue weighted by Crippen LogP contribution is -2.33. The second kappa shape index (κ2) is 19.9. The van der Waals surface area contributed by atoms with Crippen molar-refractivity contribution in [3.8, 4) is 50.7 Å². The number of para-hydroxylation sites is 3. The Labute approximate surface area is 507 Å². The number of fused-ring (bicyclic) bond motifs is 5. The van der Waals surface area contributed by atoms with E-state index in [1.54, 1.807) is 10.6 Å². The van der Waals surface area contributed by atoms with Crippen LogP contribution in [0.25, 0.3) is 61.0 Å². The fourth-order valence-electron chi connectivity index (χ4n) is 12.7. The minimum absolute atomic E-state index is 0.0138. The zero-order valence-corrected chi connectivity index (χ0v) is 51.4. The highest BCUT2D eigenvalue weighted by molar-refractivity contribution is 6.09. The number of pyridine rings is 1. The Balaban J connectivity index is 1.01. The maximum absolute atomic E-state index is 9.36. The molecule has 2 aromatic heterocycles. The van der Waals surface area contributed by atoms with E-state index in [9.17, 15) is 2.74 Å². The lowest BCUT2D eigenvalue weighted by atomic mass is 9.63. The molecule has 2 aliphatic rings. The largest absolute Gasteiger partial charge is 0.457 e. The highest BCUT2D eigenvalue weighted by atomic mass is 16.5. The van der Waals surface area contributed by atoms with E-state index in [1.165, 1.54) is 56.3 Å². The van der Waals surface area contributed by atoms with Gasteiger partial charge in [0.2, 0.25) is 0 Å². The molecule has 422 valence electrons. The average Bonchev–Trinajstić information content (AvgIpc) is 1.39. The number of ether oxygens (including phenoxy) is 1.